The van der Waals surface area contributed by atoms with Crippen LogP contribution in [0.5, 0.6) is 0 Å². The minimum absolute atomic E-state index is 0. The Hall–Kier alpha value is 0.674. The SMILES string of the molecule is CC1(C)C2CCC1(C)[C@@H](O)C2.[Ti]. The van der Waals surface area contributed by atoms with E-state index in [2.05, 4.69) is 20.8 Å². The molecule has 0 spiro atoms. The van der Waals surface area contributed by atoms with Crippen LogP contribution in [0.25, 0.3) is 0 Å². The first-order valence-corrected chi connectivity index (χ1v) is 4.66. The van der Waals surface area contributed by atoms with Crippen molar-refractivity contribution in [1.29, 1.82) is 0 Å². The van der Waals surface area contributed by atoms with E-state index in [-0.39, 0.29) is 33.2 Å². The molecule has 3 atom stereocenters. The third-order valence-electron chi connectivity index (χ3n) is 4.75. The summed E-state index contributed by atoms with van der Waals surface area (Å²) in [6.45, 7) is 6.90. The van der Waals surface area contributed by atoms with Crippen molar-refractivity contribution in [3.8, 4) is 0 Å². The second kappa shape index (κ2) is 2.83. The van der Waals surface area contributed by atoms with Crippen LogP contribution in [0.15, 0.2) is 0 Å². The van der Waals surface area contributed by atoms with Gasteiger partial charge in [0.1, 0.15) is 0 Å². The molecule has 0 saturated heterocycles. The summed E-state index contributed by atoms with van der Waals surface area (Å²) in [6, 6.07) is 0. The van der Waals surface area contributed by atoms with Gasteiger partial charge in [0.05, 0.1) is 6.10 Å². The van der Waals surface area contributed by atoms with Gasteiger partial charge in [0.2, 0.25) is 0 Å². The molecule has 2 aliphatic rings. The molecule has 2 heteroatoms. The Morgan fingerprint density at radius 1 is 1.25 bits per heavy atom. The summed E-state index contributed by atoms with van der Waals surface area (Å²) in [7, 11) is 0. The molecule has 0 aliphatic heterocycles. The van der Waals surface area contributed by atoms with Crippen LogP contribution in [-0.4, -0.2) is 11.2 Å². The molecule has 0 aromatic carbocycles. The first kappa shape index (κ1) is 10.8. The summed E-state index contributed by atoms with van der Waals surface area (Å²) in [5.41, 5.74) is 0.601. The van der Waals surface area contributed by atoms with Crippen LogP contribution in [0.4, 0.5) is 0 Å². The Kier molecular flexibility index (Phi) is 2.54. The molecular formula is C10H18OTi. The minimum Gasteiger partial charge on any atom is -0.393 e. The topological polar surface area (TPSA) is 20.2 Å². The molecule has 2 aliphatic carbocycles. The average Bonchev–Trinajstić information content (AvgIpc) is 2.20. The molecule has 0 aromatic heterocycles. The average molecular weight is 202 g/mol. The van der Waals surface area contributed by atoms with E-state index in [0.29, 0.717) is 5.41 Å². The fourth-order valence-corrected chi connectivity index (χ4v) is 3.16. The predicted molar refractivity (Wildman–Crippen MR) is 45.2 cm³/mol. The molecule has 0 amide bonds. The number of hydrogen-bond acceptors (Lipinski definition) is 1. The second-order valence-electron chi connectivity index (χ2n) is 5.13. The van der Waals surface area contributed by atoms with Crippen LogP contribution in [-0.2, 0) is 21.7 Å². The van der Waals surface area contributed by atoms with Crippen LogP contribution < -0.4 is 0 Å². The zero-order valence-corrected chi connectivity index (χ0v) is 9.78. The zero-order valence-electron chi connectivity index (χ0n) is 8.22. The minimum atomic E-state index is -0.0313. The smallest absolute Gasteiger partial charge is 0.0601 e. The number of aliphatic hydroxyl groups is 1. The Morgan fingerprint density at radius 3 is 2.00 bits per heavy atom. The molecule has 68 valence electrons. The van der Waals surface area contributed by atoms with Crippen molar-refractivity contribution in [2.45, 2.75) is 46.1 Å². The van der Waals surface area contributed by atoms with Crippen molar-refractivity contribution >= 4 is 0 Å². The van der Waals surface area contributed by atoms with Gasteiger partial charge in [-0.05, 0) is 36.0 Å². The van der Waals surface area contributed by atoms with Gasteiger partial charge in [-0.1, -0.05) is 20.8 Å². The molecular weight excluding hydrogens is 184 g/mol. The Morgan fingerprint density at radius 2 is 1.83 bits per heavy atom. The van der Waals surface area contributed by atoms with Gasteiger partial charge in [-0.15, -0.1) is 0 Å². The molecule has 0 aromatic rings. The van der Waals surface area contributed by atoms with Gasteiger partial charge in [0, 0.05) is 21.7 Å². The normalized spacial score (nSPS) is 49.0. The second-order valence-corrected chi connectivity index (χ2v) is 5.13. The number of hydrogen-bond donors (Lipinski definition) is 1. The monoisotopic (exact) mass is 202 g/mol. The summed E-state index contributed by atoms with van der Waals surface area (Å²) in [6.07, 6.45) is 3.58. The van der Waals surface area contributed by atoms with Crippen molar-refractivity contribution in [2.75, 3.05) is 0 Å². The molecule has 2 fully saturated rings. The van der Waals surface area contributed by atoms with Gasteiger partial charge < -0.3 is 5.11 Å². The molecule has 1 N–H and O–H groups in total. The maximum Gasteiger partial charge on any atom is 0.0601 e. The molecule has 2 unspecified atom stereocenters. The van der Waals surface area contributed by atoms with Gasteiger partial charge in [-0.2, -0.15) is 0 Å². The van der Waals surface area contributed by atoms with Crippen LogP contribution in [0.3, 0.4) is 0 Å². The van der Waals surface area contributed by atoms with Crippen LogP contribution in [0, 0.1) is 16.7 Å². The van der Waals surface area contributed by atoms with Crippen LogP contribution >= 0.6 is 0 Å². The molecule has 0 radical (unpaired) electrons. The Balaban J connectivity index is 0.000000720. The summed E-state index contributed by atoms with van der Waals surface area (Å²) < 4.78 is 0. The van der Waals surface area contributed by atoms with Crippen molar-refractivity contribution in [3.63, 3.8) is 0 Å². The Labute approximate surface area is 89.8 Å². The third kappa shape index (κ3) is 0.996. The molecule has 2 saturated carbocycles. The molecule has 0 heterocycles. The summed E-state index contributed by atoms with van der Waals surface area (Å²) in [5, 5.41) is 9.81. The van der Waals surface area contributed by atoms with Gasteiger partial charge >= 0.3 is 0 Å². The van der Waals surface area contributed by atoms with Crippen molar-refractivity contribution in [1.82, 2.24) is 0 Å². The van der Waals surface area contributed by atoms with Crippen molar-refractivity contribution in [3.05, 3.63) is 0 Å². The van der Waals surface area contributed by atoms with E-state index in [1.54, 1.807) is 0 Å². The first-order chi connectivity index (χ1) is 4.98. The summed E-state index contributed by atoms with van der Waals surface area (Å²) in [5.74, 6) is 0.780. The third-order valence-corrected chi connectivity index (χ3v) is 4.75. The fraction of sp³-hybridized carbons (Fsp3) is 1.00. The predicted octanol–water partition coefficient (Wildman–Crippen LogP) is 2.19. The van der Waals surface area contributed by atoms with Gasteiger partial charge in [-0.3, -0.25) is 0 Å². The molecule has 2 bridgehead atoms. The number of rotatable bonds is 0. The van der Waals surface area contributed by atoms with Crippen LogP contribution in [0.2, 0.25) is 0 Å². The first-order valence-electron chi connectivity index (χ1n) is 4.66. The number of aliphatic hydroxyl groups excluding tert-OH is 1. The van der Waals surface area contributed by atoms with E-state index in [9.17, 15) is 5.11 Å². The quantitative estimate of drug-likeness (QED) is 0.597. The van der Waals surface area contributed by atoms with E-state index < -0.39 is 0 Å². The molecule has 1 nitrogen and oxygen atoms in total. The van der Waals surface area contributed by atoms with Crippen molar-refractivity contribution in [2.24, 2.45) is 16.7 Å². The zero-order chi connectivity index (χ0) is 8.28. The summed E-state index contributed by atoms with van der Waals surface area (Å²) >= 11 is 0. The van der Waals surface area contributed by atoms with E-state index in [4.69, 9.17) is 0 Å². The maximum absolute atomic E-state index is 9.81. The van der Waals surface area contributed by atoms with E-state index in [0.717, 1.165) is 12.3 Å². The van der Waals surface area contributed by atoms with Gasteiger partial charge in [0.15, 0.2) is 0 Å². The van der Waals surface area contributed by atoms with E-state index in [1.807, 2.05) is 0 Å². The fourth-order valence-electron chi connectivity index (χ4n) is 3.16. The summed E-state index contributed by atoms with van der Waals surface area (Å²) in [4.78, 5) is 0. The largest absolute Gasteiger partial charge is 0.393 e. The van der Waals surface area contributed by atoms with Crippen LogP contribution in [0.1, 0.15) is 40.0 Å². The van der Waals surface area contributed by atoms with E-state index in [1.165, 1.54) is 12.8 Å². The standard InChI is InChI=1S/C10H18O.Ti/c1-9(2)7-4-5-10(9,3)8(11)6-7;/h7-8,11H,4-6H2,1-3H3;/t7?,8-,10?;/m0./s1. The van der Waals surface area contributed by atoms with Gasteiger partial charge in [0.25, 0.3) is 0 Å². The Bertz CT molecular complexity index is 190. The number of fused-ring (bicyclic) bond motifs is 2. The van der Waals surface area contributed by atoms with E-state index >= 15 is 0 Å². The molecule has 2 rings (SSSR count). The van der Waals surface area contributed by atoms with Crippen molar-refractivity contribution < 1.29 is 26.8 Å². The van der Waals surface area contributed by atoms with Gasteiger partial charge in [-0.25, -0.2) is 0 Å². The molecule has 12 heavy (non-hydrogen) atoms. The maximum atomic E-state index is 9.81.